The zero-order valence-corrected chi connectivity index (χ0v) is 40.9. The quantitative estimate of drug-likeness (QED) is 0.146. The van der Waals surface area contributed by atoms with Crippen molar-refractivity contribution in [3.63, 3.8) is 0 Å². The minimum atomic E-state index is -0.417. The van der Waals surface area contributed by atoms with E-state index in [0.717, 1.165) is 143 Å². The van der Waals surface area contributed by atoms with Crippen LogP contribution in [-0.4, -0.2) is 121 Å². The summed E-state index contributed by atoms with van der Waals surface area (Å²) in [5, 5.41) is 0. The van der Waals surface area contributed by atoms with Gasteiger partial charge < -0.3 is 31.1 Å². The summed E-state index contributed by atoms with van der Waals surface area (Å²) in [6, 6.07) is 35.5. The Morgan fingerprint density at radius 2 is 0.687 bits per heavy atom. The van der Waals surface area contributed by atoms with Crippen LogP contribution in [0.1, 0.15) is 99.3 Å². The van der Waals surface area contributed by atoms with E-state index in [0.29, 0.717) is 0 Å². The molecule has 11 heteroatoms. The maximum atomic E-state index is 12.5. The van der Waals surface area contributed by atoms with Gasteiger partial charge in [-0.25, -0.2) is 0 Å². The molecule has 6 heterocycles. The van der Waals surface area contributed by atoms with Crippen molar-refractivity contribution in [2.75, 3.05) is 88.3 Å². The van der Waals surface area contributed by atoms with Gasteiger partial charge in [0.05, 0.1) is 0 Å². The van der Waals surface area contributed by atoms with Gasteiger partial charge in [0, 0.05) is 62.0 Å². The summed E-state index contributed by atoms with van der Waals surface area (Å²) in [7, 11) is 0. The molecule has 0 aliphatic carbocycles. The maximum Gasteiger partial charge on any atom is 0.238 e. The van der Waals surface area contributed by atoms with Crippen molar-refractivity contribution in [3.05, 3.63) is 119 Å². The number of carbonyl (C=O) groups is 2. The van der Waals surface area contributed by atoms with Crippen molar-refractivity contribution in [3.8, 4) is 0 Å². The van der Waals surface area contributed by atoms with Crippen molar-refractivity contribution < 1.29 is 9.59 Å². The number of carbonyl (C=O) groups excluding carboxylic acids is 2. The Labute approximate surface area is 407 Å². The van der Waals surface area contributed by atoms with Crippen LogP contribution in [0.5, 0.6) is 0 Å². The average molecular weight is 930 g/mol. The van der Waals surface area contributed by atoms with Crippen LogP contribution in [0.3, 0.4) is 0 Å². The Bertz CT molecular complexity index is 1990. The first-order chi connectivity index (χ1) is 32.3. The number of piperidine rings is 4. The number of aryl methyl sites for hydroxylation is 4. The number of halogens is 1. The molecule has 6 aliphatic rings. The molecule has 0 aromatic heterocycles. The molecule has 67 heavy (non-hydrogen) atoms. The van der Waals surface area contributed by atoms with Crippen LogP contribution in [0, 0.1) is 0 Å². The molecule has 10 nitrogen and oxygen atoms in total. The molecule has 0 radical (unpaired) electrons. The summed E-state index contributed by atoms with van der Waals surface area (Å²) in [6.45, 7) is 12.1. The lowest BCUT2D eigenvalue weighted by Crippen LogP contribution is -2.63. The molecule has 0 bridgehead atoms. The molecule has 2 amide bonds. The standard InChI is InChI=1S/2C28H38N4O.ClH/c2*29-27(33)28(31-18-6-1-7-19-31)15-21-30(22-16-28)17-8-20-32-25-11-4-2-9-23(25)13-14-24-10-3-5-12-26(24)32;/h2*2-5,9-12H,1,6-8,13-22H2,(H2,29,33);1H. The first-order valence-electron chi connectivity index (χ1n) is 25.8. The molecule has 0 unspecified atom stereocenters. The summed E-state index contributed by atoms with van der Waals surface area (Å²) in [5.74, 6) is -0.219. The van der Waals surface area contributed by atoms with Crippen LogP contribution in [0.15, 0.2) is 97.1 Å². The number of fused-ring (bicyclic) bond motifs is 4. The van der Waals surface area contributed by atoms with Gasteiger partial charge in [-0.05, 0) is 176 Å². The van der Waals surface area contributed by atoms with E-state index in [9.17, 15) is 9.59 Å². The summed E-state index contributed by atoms with van der Waals surface area (Å²) in [6.07, 6.45) is 17.4. The Kier molecular flexibility index (Phi) is 16.6. The van der Waals surface area contributed by atoms with Gasteiger partial charge in [-0.3, -0.25) is 19.4 Å². The maximum absolute atomic E-state index is 12.5. The number of primary amides is 2. The highest BCUT2D eigenvalue weighted by Crippen LogP contribution is 2.39. The van der Waals surface area contributed by atoms with E-state index in [1.807, 2.05) is 0 Å². The number of anilines is 4. The van der Waals surface area contributed by atoms with Gasteiger partial charge in [-0.2, -0.15) is 0 Å². The number of hydrogen-bond donors (Lipinski definition) is 2. The van der Waals surface area contributed by atoms with Gasteiger partial charge in [0.25, 0.3) is 0 Å². The van der Waals surface area contributed by atoms with E-state index in [1.165, 1.54) is 83.5 Å². The predicted molar refractivity (Wildman–Crippen MR) is 277 cm³/mol. The summed E-state index contributed by atoms with van der Waals surface area (Å²) in [5.41, 5.74) is 22.3. The second-order valence-electron chi connectivity index (χ2n) is 20.1. The van der Waals surface area contributed by atoms with Gasteiger partial charge in [0.2, 0.25) is 11.8 Å². The van der Waals surface area contributed by atoms with Gasteiger partial charge in [0.1, 0.15) is 11.1 Å². The SMILES string of the molecule is Cl.NC(=O)C1(N2CCCCC2)CCN(CCCN2c3ccccc3CCc3ccccc32)CC1.NC(=O)C1(N2CCCCC2)CCN(CCCN2c3ccccc3CCc3ccccc32)CC1. The highest BCUT2D eigenvalue weighted by molar-refractivity contribution is 5.86. The zero-order chi connectivity index (χ0) is 45.4. The third-order valence-corrected chi connectivity index (χ3v) is 16.4. The number of para-hydroxylation sites is 4. The lowest BCUT2D eigenvalue weighted by Gasteiger charge is -2.48. The number of nitrogens with two attached hydrogens (primary N) is 2. The number of benzene rings is 4. The molecule has 4 fully saturated rings. The lowest BCUT2D eigenvalue weighted by molar-refractivity contribution is -0.135. The normalized spacial score (nSPS) is 20.8. The molecule has 4 aromatic carbocycles. The number of likely N-dealkylation sites (tertiary alicyclic amines) is 4. The van der Waals surface area contributed by atoms with Gasteiger partial charge in [-0.15, -0.1) is 12.4 Å². The second-order valence-corrected chi connectivity index (χ2v) is 20.1. The lowest BCUT2D eigenvalue weighted by atomic mass is 9.83. The second kappa shape index (κ2) is 22.8. The van der Waals surface area contributed by atoms with E-state index in [2.05, 4.69) is 126 Å². The van der Waals surface area contributed by atoms with E-state index in [-0.39, 0.29) is 24.2 Å². The molecule has 0 saturated carbocycles. The molecule has 4 saturated heterocycles. The van der Waals surface area contributed by atoms with Crippen molar-refractivity contribution in [2.24, 2.45) is 11.5 Å². The third kappa shape index (κ3) is 10.9. The third-order valence-electron chi connectivity index (χ3n) is 16.4. The van der Waals surface area contributed by atoms with Crippen molar-refractivity contribution in [1.82, 2.24) is 19.6 Å². The predicted octanol–water partition coefficient (Wildman–Crippen LogP) is 8.66. The van der Waals surface area contributed by atoms with Crippen LogP contribution >= 0.6 is 12.4 Å². The number of rotatable bonds is 12. The van der Waals surface area contributed by atoms with Crippen molar-refractivity contribution >= 4 is 47.0 Å². The molecule has 360 valence electrons. The van der Waals surface area contributed by atoms with Crippen molar-refractivity contribution in [1.29, 1.82) is 0 Å². The Morgan fingerprint density at radius 3 is 0.970 bits per heavy atom. The number of nitrogens with zero attached hydrogens (tertiary/aromatic N) is 6. The van der Waals surface area contributed by atoms with Gasteiger partial charge in [-0.1, -0.05) is 85.6 Å². The molecule has 0 spiro atoms. The summed E-state index contributed by atoms with van der Waals surface area (Å²) in [4.78, 5) is 40.0. The minimum Gasteiger partial charge on any atom is -0.368 e. The fourth-order valence-electron chi connectivity index (χ4n) is 12.5. The summed E-state index contributed by atoms with van der Waals surface area (Å²) >= 11 is 0. The highest BCUT2D eigenvalue weighted by atomic mass is 35.5. The topological polar surface area (TPSA) is 106 Å². The fourth-order valence-corrected chi connectivity index (χ4v) is 12.5. The minimum absolute atomic E-state index is 0. The monoisotopic (exact) mass is 929 g/mol. The molecule has 6 aliphatic heterocycles. The van der Waals surface area contributed by atoms with Crippen LogP contribution < -0.4 is 21.3 Å². The smallest absolute Gasteiger partial charge is 0.238 e. The largest absolute Gasteiger partial charge is 0.368 e. The van der Waals surface area contributed by atoms with E-state index < -0.39 is 11.1 Å². The molecular weight excluding hydrogens is 852 g/mol. The highest BCUT2D eigenvalue weighted by Gasteiger charge is 2.46. The number of hydrogen-bond acceptors (Lipinski definition) is 8. The Morgan fingerprint density at radius 1 is 0.403 bits per heavy atom. The molecule has 0 atom stereocenters. The molecular formula is C56H77ClN8O2. The van der Waals surface area contributed by atoms with Crippen LogP contribution in [-0.2, 0) is 35.3 Å². The Hall–Kier alpha value is -4.45. The van der Waals surface area contributed by atoms with Crippen molar-refractivity contribution in [2.45, 2.75) is 114 Å². The number of amides is 2. The van der Waals surface area contributed by atoms with Crippen LogP contribution in [0.25, 0.3) is 0 Å². The van der Waals surface area contributed by atoms with E-state index >= 15 is 0 Å². The molecule has 4 N–H and O–H groups in total. The summed E-state index contributed by atoms with van der Waals surface area (Å²) < 4.78 is 0. The average Bonchev–Trinajstić information content (AvgIpc) is 3.63. The Balaban J connectivity index is 0.000000179. The fraction of sp³-hybridized carbons (Fsp3) is 0.536. The first-order valence-corrected chi connectivity index (χ1v) is 25.8. The van der Waals surface area contributed by atoms with E-state index in [4.69, 9.17) is 11.5 Å². The van der Waals surface area contributed by atoms with Crippen LogP contribution in [0.4, 0.5) is 22.7 Å². The van der Waals surface area contributed by atoms with Gasteiger partial charge in [0.15, 0.2) is 0 Å². The van der Waals surface area contributed by atoms with E-state index in [1.54, 1.807) is 0 Å². The zero-order valence-electron chi connectivity index (χ0n) is 40.1. The van der Waals surface area contributed by atoms with Crippen LogP contribution in [0.2, 0.25) is 0 Å². The van der Waals surface area contributed by atoms with Gasteiger partial charge >= 0.3 is 0 Å². The molecule has 10 rings (SSSR count). The first kappa shape index (κ1) is 49.0. The molecule has 4 aromatic rings.